The minimum Gasteiger partial charge on any atom is -0.467 e. The molecule has 0 spiro atoms. The van der Waals surface area contributed by atoms with Crippen molar-refractivity contribution in [1.82, 2.24) is 10.3 Å². The number of benzene rings is 1. The Morgan fingerprint density at radius 1 is 1.14 bits per heavy atom. The minimum atomic E-state index is -0.858. The second kappa shape index (κ2) is 6.99. The van der Waals surface area contributed by atoms with Crippen molar-refractivity contribution in [1.29, 1.82) is 0 Å². The fraction of sp³-hybridized carbons (Fsp3) is 0.133. The van der Waals surface area contributed by atoms with Gasteiger partial charge in [-0.05, 0) is 29.8 Å². The van der Waals surface area contributed by atoms with E-state index in [2.05, 4.69) is 26.2 Å². The van der Waals surface area contributed by atoms with E-state index >= 15 is 0 Å². The van der Waals surface area contributed by atoms with Crippen LogP contribution < -0.4 is 5.32 Å². The van der Waals surface area contributed by atoms with Gasteiger partial charge in [-0.25, -0.2) is 4.79 Å². The van der Waals surface area contributed by atoms with Crippen LogP contribution in [0.2, 0.25) is 0 Å². The second-order valence-electron chi connectivity index (χ2n) is 4.22. The van der Waals surface area contributed by atoms with Crippen molar-refractivity contribution in [3.63, 3.8) is 0 Å². The molecule has 108 valence electrons. The van der Waals surface area contributed by atoms with Gasteiger partial charge in [0.2, 0.25) is 0 Å². The molecule has 2 rings (SSSR count). The van der Waals surface area contributed by atoms with Gasteiger partial charge in [-0.1, -0.05) is 28.1 Å². The molecule has 0 bridgehead atoms. The first-order valence-corrected chi connectivity index (χ1v) is 6.95. The predicted molar refractivity (Wildman–Crippen MR) is 80.6 cm³/mol. The summed E-state index contributed by atoms with van der Waals surface area (Å²) in [6.45, 7) is 0. The molecule has 21 heavy (non-hydrogen) atoms. The first kappa shape index (κ1) is 15.2. The first-order chi connectivity index (χ1) is 10.1. The molecule has 0 saturated carbocycles. The summed E-state index contributed by atoms with van der Waals surface area (Å²) in [4.78, 5) is 27.9. The summed E-state index contributed by atoms with van der Waals surface area (Å²) >= 11 is 3.33. The van der Waals surface area contributed by atoms with Crippen LogP contribution in [0.25, 0.3) is 0 Å². The van der Waals surface area contributed by atoms with Crippen molar-refractivity contribution in [3.8, 4) is 0 Å². The Balaban J connectivity index is 2.23. The molecule has 1 atom stereocenters. The van der Waals surface area contributed by atoms with Crippen LogP contribution in [-0.4, -0.2) is 24.0 Å². The van der Waals surface area contributed by atoms with Gasteiger partial charge < -0.3 is 10.1 Å². The highest BCUT2D eigenvalue weighted by Crippen LogP contribution is 2.18. The lowest BCUT2D eigenvalue weighted by Crippen LogP contribution is -2.34. The second-order valence-corrected chi connectivity index (χ2v) is 5.13. The molecule has 0 radical (unpaired) electrons. The monoisotopic (exact) mass is 348 g/mol. The lowest BCUT2D eigenvalue weighted by molar-refractivity contribution is -0.143. The fourth-order valence-electron chi connectivity index (χ4n) is 1.77. The molecule has 0 aliphatic rings. The molecule has 1 heterocycles. The van der Waals surface area contributed by atoms with Gasteiger partial charge in [-0.3, -0.25) is 9.78 Å². The SMILES string of the molecule is COC(=O)[C@H](NC(=O)c1ccncc1)c1ccc(Br)cc1. The van der Waals surface area contributed by atoms with E-state index in [0.29, 0.717) is 11.1 Å². The van der Waals surface area contributed by atoms with E-state index < -0.39 is 12.0 Å². The number of esters is 1. The van der Waals surface area contributed by atoms with Crippen LogP contribution in [-0.2, 0) is 9.53 Å². The van der Waals surface area contributed by atoms with Crippen LogP contribution in [0.3, 0.4) is 0 Å². The molecule has 1 N–H and O–H groups in total. The standard InChI is InChI=1S/C15H13BrN2O3/c1-21-15(20)13(10-2-4-12(16)5-3-10)18-14(19)11-6-8-17-9-7-11/h2-9,13H,1H3,(H,18,19)/t13-/m1/s1. The average Bonchev–Trinajstić information content (AvgIpc) is 2.53. The number of carbonyl (C=O) groups is 2. The maximum Gasteiger partial charge on any atom is 0.333 e. The largest absolute Gasteiger partial charge is 0.467 e. The van der Waals surface area contributed by atoms with E-state index in [0.717, 1.165) is 4.47 Å². The van der Waals surface area contributed by atoms with E-state index in [9.17, 15) is 9.59 Å². The summed E-state index contributed by atoms with van der Waals surface area (Å²) in [7, 11) is 1.28. The van der Waals surface area contributed by atoms with Crippen LogP contribution in [0.15, 0.2) is 53.3 Å². The van der Waals surface area contributed by atoms with E-state index in [4.69, 9.17) is 4.74 Å². The molecular formula is C15H13BrN2O3. The lowest BCUT2D eigenvalue weighted by Gasteiger charge is -2.17. The maximum atomic E-state index is 12.2. The van der Waals surface area contributed by atoms with Gasteiger partial charge in [0.1, 0.15) is 0 Å². The van der Waals surface area contributed by atoms with Crippen molar-refractivity contribution >= 4 is 27.8 Å². The smallest absolute Gasteiger partial charge is 0.333 e. The Bertz CT molecular complexity index is 629. The summed E-state index contributed by atoms with van der Waals surface area (Å²) in [5.74, 6) is -0.893. The maximum absolute atomic E-state index is 12.2. The summed E-state index contributed by atoms with van der Waals surface area (Å²) < 4.78 is 5.64. The Labute approximate surface area is 130 Å². The van der Waals surface area contributed by atoms with Crippen LogP contribution in [0.5, 0.6) is 0 Å². The van der Waals surface area contributed by atoms with E-state index in [1.165, 1.54) is 19.5 Å². The molecule has 0 fully saturated rings. The van der Waals surface area contributed by atoms with Gasteiger partial charge in [-0.2, -0.15) is 0 Å². The highest BCUT2D eigenvalue weighted by atomic mass is 79.9. The van der Waals surface area contributed by atoms with Crippen molar-refractivity contribution < 1.29 is 14.3 Å². The van der Waals surface area contributed by atoms with Gasteiger partial charge in [0.15, 0.2) is 6.04 Å². The van der Waals surface area contributed by atoms with Gasteiger partial charge in [0, 0.05) is 22.4 Å². The summed E-state index contributed by atoms with van der Waals surface area (Å²) in [5.41, 5.74) is 1.07. The van der Waals surface area contributed by atoms with Crippen LogP contribution in [0, 0.1) is 0 Å². The quantitative estimate of drug-likeness (QED) is 0.862. The number of methoxy groups -OCH3 is 1. The number of rotatable bonds is 4. The first-order valence-electron chi connectivity index (χ1n) is 6.16. The highest BCUT2D eigenvalue weighted by Gasteiger charge is 2.24. The number of pyridine rings is 1. The van der Waals surface area contributed by atoms with Gasteiger partial charge in [0.05, 0.1) is 7.11 Å². The minimum absolute atomic E-state index is 0.365. The van der Waals surface area contributed by atoms with Crippen LogP contribution >= 0.6 is 15.9 Å². The third kappa shape index (κ3) is 3.88. The van der Waals surface area contributed by atoms with E-state index in [1.807, 2.05) is 0 Å². The van der Waals surface area contributed by atoms with Crippen molar-refractivity contribution in [2.24, 2.45) is 0 Å². The molecule has 0 saturated heterocycles. The van der Waals surface area contributed by atoms with Crippen molar-refractivity contribution in [2.75, 3.05) is 7.11 Å². The molecule has 0 unspecified atom stereocenters. The Morgan fingerprint density at radius 3 is 2.33 bits per heavy atom. The number of aromatic nitrogens is 1. The number of nitrogens with one attached hydrogen (secondary N) is 1. The molecule has 6 heteroatoms. The van der Waals surface area contributed by atoms with Crippen LogP contribution in [0.4, 0.5) is 0 Å². The topological polar surface area (TPSA) is 68.3 Å². The third-order valence-electron chi connectivity index (χ3n) is 2.86. The molecule has 1 aromatic heterocycles. The van der Waals surface area contributed by atoms with Crippen molar-refractivity contribution in [2.45, 2.75) is 6.04 Å². The number of carbonyl (C=O) groups excluding carboxylic acids is 2. The molecule has 0 aliphatic heterocycles. The number of hydrogen-bond acceptors (Lipinski definition) is 4. The molecule has 1 amide bonds. The molecule has 1 aromatic carbocycles. The Hall–Kier alpha value is -2.21. The van der Waals surface area contributed by atoms with Crippen LogP contribution in [0.1, 0.15) is 22.0 Å². The summed E-state index contributed by atoms with van der Waals surface area (Å²) in [5, 5.41) is 2.66. The van der Waals surface area contributed by atoms with E-state index in [-0.39, 0.29) is 5.91 Å². The summed E-state index contributed by atoms with van der Waals surface area (Å²) in [6, 6.07) is 9.38. The fourth-order valence-corrected chi connectivity index (χ4v) is 2.03. The number of nitrogens with zero attached hydrogens (tertiary/aromatic N) is 1. The molecule has 5 nitrogen and oxygen atoms in total. The lowest BCUT2D eigenvalue weighted by atomic mass is 10.1. The molecular weight excluding hydrogens is 336 g/mol. The number of hydrogen-bond donors (Lipinski definition) is 1. The normalized spacial score (nSPS) is 11.5. The number of ether oxygens (including phenoxy) is 1. The Morgan fingerprint density at radius 2 is 1.76 bits per heavy atom. The van der Waals surface area contributed by atoms with Gasteiger partial charge in [-0.15, -0.1) is 0 Å². The number of halogens is 1. The van der Waals surface area contributed by atoms with E-state index in [1.54, 1.807) is 36.4 Å². The third-order valence-corrected chi connectivity index (χ3v) is 3.39. The number of amides is 1. The highest BCUT2D eigenvalue weighted by molar-refractivity contribution is 9.10. The predicted octanol–water partition coefficient (Wildman–Crippen LogP) is 2.49. The zero-order valence-corrected chi connectivity index (χ0v) is 12.8. The molecule has 0 aliphatic carbocycles. The zero-order valence-electron chi connectivity index (χ0n) is 11.2. The summed E-state index contributed by atoms with van der Waals surface area (Å²) in [6.07, 6.45) is 3.03. The average molecular weight is 349 g/mol. The molecule has 2 aromatic rings. The Kier molecular flexibility index (Phi) is 5.05. The van der Waals surface area contributed by atoms with Gasteiger partial charge >= 0.3 is 5.97 Å². The van der Waals surface area contributed by atoms with Crippen molar-refractivity contribution in [3.05, 3.63) is 64.4 Å². The van der Waals surface area contributed by atoms with Gasteiger partial charge in [0.25, 0.3) is 5.91 Å². The zero-order chi connectivity index (χ0) is 15.2.